The van der Waals surface area contributed by atoms with Crippen LogP contribution in [-0.4, -0.2) is 43.4 Å². The average Bonchev–Trinajstić information content (AvgIpc) is 3.45. The number of rotatable bonds is 6. The average molecular weight is 444 g/mol. The third-order valence-corrected chi connectivity index (χ3v) is 6.41. The summed E-state index contributed by atoms with van der Waals surface area (Å²) in [5.74, 6) is -0.791. The monoisotopic (exact) mass is 443 g/mol. The number of carbonyl (C=O) groups is 3. The molecule has 0 unspecified atom stereocenters. The highest BCUT2D eigenvalue weighted by molar-refractivity contribution is 6.22. The Hall–Kier alpha value is -3.81. The summed E-state index contributed by atoms with van der Waals surface area (Å²) in [4.78, 5) is 43.9. The van der Waals surface area contributed by atoms with Crippen LogP contribution in [-0.2, 0) is 13.1 Å². The van der Waals surface area contributed by atoms with E-state index in [0.29, 0.717) is 29.8 Å². The molecule has 1 fully saturated rings. The molecule has 2 aliphatic rings. The fourth-order valence-corrected chi connectivity index (χ4v) is 4.62. The zero-order valence-corrected chi connectivity index (χ0v) is 18.2. The van der Waals surface area contributed by atoms with Gasteiger partial charge in [-0.05, 0) is 42.2 Å². The third kappa shape index (κ3) is 4.28. The smallest absolute Gasteiger partial charge is 0.261 e. The Balaban J connectivity index is 1.23. The summed E-state index contributed by atoms with van der Waals surface area (Å²) in [5, 5.41) is 6.99. The van der Waals surface area contributed by atoms with Gasteiger partial charge in [0.15, 0.2) is 0 Å². The van der Waals surface area contributed by atoms with Gasteiger partial charge in [0.25, 0.3) is 17.7 Å². The van der Waals surface area contributed by atoms with Gasteiger partial charge in [-0.25, -0.2) is 9.67 Å². The predicted octanol–water partition coefficient (Wildman–Crippen LogP) is 3.19. The number of fused-ring (bicyclic) bond motifs is 1. The first kappa shape index (κ1) is 21.1. The molecule has 5 rings (SSSR count). The van der Waals surface area contributed by atoms with Crippen molar-refractivity contribution in [2.75, 3.05) is 0 Å². The van der Waals surface area contributed by atoms with E-state index >= 15 is 0 Å². The number of nitrogens with zero attached hydrogens (tertiary/aromatic N) is 4. The molecule has 1 aliphatic heterocycles. The van der Waals surface area contributed by atoms with E-state index in [2.05, 4.69) is 15.4 Å². The lowest BCUT2D eigenvalue weighted by Gasteiger charge is -2.29. The Morgan fingerprint density at radius 2 is 1.67 bits per heavy atom. The molecule has 1 N–H and O–H groups in total. The van der Waals surface area contributed by atoms with Crippen molar-refractivity contribution in [3.63, 3.8) is 0 Å². The summed E-state index contributed by atoms with van der Waals surface area (Å²) in [6.45, 7) is 0.993. The molecule has 168 valence electrons. The predicted molar refractivity (Wildman–Crippen MR) is 121 cm³/mol. The van der Waals surface area contributed by atoms with E-state index < -0.39 is 0 Å². The molecule has 0 radical (unpaired) electrons. The SMILES string of the molecule is O=C(NCc1ccc(Cn2cncn2)cc1)c1ccc2c(c1)C(=O)N(C1CCCCC1)C2=O. The highest BCUT2D eigenvalue weighted by Gasteiger charge is 2.40. The van der Waals surface area contributed by atoms with E-state index in [1.807, 2.05) is 24.3 Å². The molecule has 2 aromatic carbocycles. The van der Waals surface area contributed by atoms with Crippen LogP contribution in [0.3, 0.4) is 0 Å². The van der Waals surface area contributed by atoms with Gasteiger partial charge in [0.05, 0.1) is 17.7 Å². The molecule has 0 spiro atoms. The van der Waals surface area contributed by atoms with Crippen LogP contribution in [0.4, 0.5) is 0 Å². The Morgan fingerprint density at radius 3 is 2.39 bits per heavy atom. The van der Waals surface area contributed by atoms with Crippen LogP contribution in [0.5, 0.6) is 0 Å². The maximum atomic E-state index is 13.0. The van der Waals surface area contributed by atoms with E-state index in [1.54, 1.807) is 29.2 Å². The zero-order chi connectivity index (χ0) is 22.8. The van der Waals surface area contributed by atoms with Crippen LogP contribution >= 0.6 is 0 Å². The normalized spacial score (nSPS) is 16.2. The first-order valence-electron chi connectivity index (χ1n) is 11.3. The van der Waals surface area contributed by atoms with E-state index in [-0.39, 0.29) is 23.8 Å². The van der Waals surface area contributed by atoms with Gasteiger partial charge in [0.2, 0.25) is 0 Å². The molecule has 2 heterocycles. The molecular formula is C25H25N5O3. The molecule has 1 aliphatic carbocycles. The Kier molecular flexibility index (Phi) is 5.73. The second-order valence-electron chi connectivity index (χ2n) is 8.62. The van der Waals surface area contributed by atoms with E-state index in [4.69, 9.17) is 0 Å². The summed E-state index contributed by atoms with van der Waals surface area (Å²) < 4.78 is 1.74. The van der Waals surface area contributed by atoms with Crippen molar-refractivity contribution < 1.29 is 14.4 Å². The molecule has 0 saturated heterocycles. The molecule has 3 aromatic rings. The molecule has 0 bridgehead atoms. The Morgan fingerprint density at radius 1 is 0.939 bits per heavy atom. The number of hydrogen-bond acceptors (Lipinski definition) is 5. The number of amides is 3. The number of aromatic nitrogens is 3. The van der Waals surface area contributed by atoms with Crippen molar-refractivity contribution in [2.24, 2.45) is 0 Å². The molecular weight excluding hydrogens is 418 g/mol. The Labute approximate surface area is 191 Å². The van der Waals surface area contributed by atoms with Crippen molar-refractivity contribution in [3.05, 3.63) is 82.9 Å². The molecule has 1 aromatic heterocycles. The maximum absolute atomic E-state index is 13.0. The lowest BCUT2D eigenvalue weighted by molar-refractivity contribution is 0.0548. The van der Waals surface area contributed by atoms with E-state index in [1.165, 1.54) is 11.2 Å². The minimum atomic E-state index is -0.278. The minimum Gasteiger partial charge on any atom is -0.348 e. The molecule has 3 amide bonds. The summed E-state index contributed by atoms with van der Waals surface area (Å²) in [6.07, 6.45) is 8.10. The highest BCUT2D eigenvalue weighted by Crippen LogP contribution is 2.31. The summed E-state index contributed by atoms with van der Waals surface area (Å²) in [5.41, 5.74) is 3.14. The fourth-order valence-electron chi connectivity index (χ4n) is 4.62. The van der Waals surface area contributed by atoms with Gasteiger partial charge in [-0.3, -0.25) is 19.3 Å². The molecule has 8 heteroatoms. The summed E-state index contributed by atoms with van der Waals surface area (Å²) in [6, 6.07) is 12.6. The first-order valence-corrected chi connectivity index (χ1v) is 11.3. The van der Waals surface area contributed by atoms with Gasteiger partial charge < -0.3 is 5.32 Å². The van der Waals surface area contributed by atoms with Gasteiger partial charge in [0, 0.05) is 18.2 Å². The first-order chi connectivity index (χ1) is 16.1. The molecule has 1 saturated carbocycles. The van der Waals surface area contributed by atoms with Gasteiger partial charge >= 0.3 is 0 Å². The van der Waals surface area contributed by atoms with Crippen LogP contribution in [0, 0.1) is 0 Å². The second-order valence-corrected chi connectivity index (χ2v) is 8.62. The van der Waals surface area contributed by atoms with Gasteiger partial charge in [-0.1, -0.05) is 43.5 Å². The maximum Gasteiger partial charge on any atom is 0.261 e. The molecule has 33 heavy (non-hydrogen) atoms. The Bertz CT molecular complexity index is 1180. The number of hydrogen-bond donors (Lipinski definition) is 1. The lowest BCUT2D eigenvalue weighted by Crippen LogP contribution is -2.40. The van der Waals surface area contributed by atoms with Gasteiger partial charge in [-0.15, -0.1) is 0 Å². The largest absolute Gasteiger partial charge is 0.348 e. The van der Waals surface area contributed by atoms with E-state index in [0.717, 1.165) is 43.2 Å². The molecule has 0 atom stereocenters. The van der Waals surface area contributed by atoms with Crippen LogP contribution in [0.2, 0.25) is 0 Å². The zero-order valence-electron chi connectivity index (χ0n) is 18.2. The van der Waals surface area contributed by atoms with Crippen molar-refractivity contribution >= 4 is 17.7 Å². The number of nitrogens with one attached hydrogen (secondary N) is 1. The third-order valence-electron chi connectivity index (χ3n) is 6.41. The minimum absolute atomic E-state index is 0.0315. The quantitative estimate of drug-likeness (QED) is 0.590. The number of imide groups is 1. The van der Waals surface area contributed by atoms with Crippen molar-refractivity contribution in [3.8, 4) is 0 Å². The van der Waals surface area contributed by atoms with Crippen molar-refractivity contribution in [2.45, 2.75) is 51.2 Å². The highest BCUT2D eigenvalue weighted by atomic mass is 16.2. The number of benzene rings is 2. The summed E-state index contributed by atoms with van der Waals surface area (Å²) >= 11 is 0. The van der Waals surface area contributed by atoms with E-state index in [9.17, 15) is 14.4 Å². The lowest BCUT2D eigenvalue weighted by atomic mass is 9.94. The van der Waals surface area contributed by atoms with Gasteiger partial charge in [-0.2, -0.15) is 5.10 Å². The van der Waals surface area contributed by atoms with Crippen molar-refractivity contribution in [1.82, 2.24) is 25.0 Å². The second kappa shape index (κ2) is 8.97. The summed E-state index contributed by atoms with van der Waals surface area (Å²) in [7, 11) is 0. The fraction of sp³-hybridized carbons (Fsp3) is 0.320. The van der Waals surface area contributed by atoms with Gasteiger partial charge in [0.1, 0.15) is 12.7 Å². The standard InChI is InChI=1S/C25H25N5O3/c31-23(27-13-17-6-8-18(9-7-17)14-29-16-26-15-28-29)19-10-11-21-22(12-19)25(33)30(24(21)32)20-4-2-1-3-5-20/h6-12,15-16,20H,1-5,13-14H2,(H,27,31). The van der Waals surface area contributed by atoms with Crippen LogP contribution in [0.25, 0.3) is 0 Å². The van der Waals surface area contributed by atoms with Crippen LogP contribution < -0.4 is 5.32 Å². The number of carbonyl (C=O) groups excluding carboxylic acids is 3. The molecule has 8 nitrogen and oxygen atoms in total. The topological polar surface area (TPSA) is 97.2 Å². The van der Waals surface area contributed by atoms with Crippen molar-refractivity contribution in [1.29, 1.82) is 0 Å². The van der Waals surface area contributed by atoms with Crippen LogP contribution in [0.1, 0.15) is 74.3 Å². The van der Waals surface area contributed by atoms with Crippen LogP contribution in [0.15, 0.2) is 55.1 Å².